The third-order valence-electron chi connectivity index (χ3n) is 8.21. The Balaban J connectivity index is 1.80. The summed E-state index contributed by atoms with van der Waals surface area (Å²) in [5.74, 6) is -3.50. The Morgan fingerprint density at radius 3 is 2.21 bits per heavy atom. The van der Waals surface area contributed by atoms with Crippen LogP contribution in [0.2, 0.25) is 0 Å². The molecule has 2 aliphatic rings. The number of carbonyl (C=O) groups excluding carboxylic acids is 2. The molecule has 0 spiro atoms. The third-order valence-corrected chi connectivity index (χ3v) is 10.5. The lowest BCUT2D eigenvalue weighted by molar-refractivity contribution is -0.385. The fourth-order valence-corrected chi connectivity index (χ4v) is 8.05. The highest BCUT2D eigenvalue weighted by Crippen LogP contribution is 2.48. The number of esters is 2. The predicted octanol–water partition coefficient (Wildman–Crippen LogP) is 3.95. The molecule has 2 aromatic rings. The topological polar surface area (TPSA) is 145 Å². The first-order chi connectivity index (χ1) is 20.0. The van der Waals surface area contributed by atoms with Crippen molar-refractivity contribution in [1.82, 2.24) is 10.2 Å². The Labute approximate surface area is 245 Å². The molecule has 0 aromatic heterocycles. The van der Waals surface area contributed by atoms with Crippen molar-refractivity contribution in [2.45, 2.75) is 62.3 Å². The lowest BCUT2D eigenvalue weighted by Gasteiger charge is -2.53. The fraction of sp³-hybridized carbons (Fsp3) is 0.467. The number of nitro benzene ring substituents is 1. The highest BCUT2D eigenvalue weighted by atomic mass is 32.2. The number of nitrogens with zero attached hydrogens (tertiary/aromatic N) is 2. The first-order valence-corrected chi connectivity index (χ1v) is 15.6. The van der Waals surface area contributed by atoms with Crippen molar-refractivity contribution in [1.29, 1.82) is 0 Å². The van der Waals surface area contributed by atoms with E-state index in [2.05, 4.69) is 5.32 Å². The van der Waals surface area contributed by atoms with Gasteiger partial charge < -0.3 is 14.8 Å². The summed E-state index contributed by atoms with van der Waals surface area (Å²) in [5, 5.41) is 14.9. The number of piperidine rings is 1. The van der Waals surface area contributed by atoms with Crippen LogP contribution in [0.25, 0.3) is 0 Å². The van der Waals surface area contributed by atoms with Crippen molar-refractivity contribution in [3.63, 3.8) is 0 Å². The Kier molecular flexibility index (Phi) is 9.37. The van der Waals surface area contributed by atoms with Gasteiger partial charge >= 0.3 is 11.9 Å². The maximum atomic E-state index is 13.8. The molecule has 2 heterocycles. The average Bonchev–Trinajstić information content (AvgIpc) is 2.97. The quantitative estimate of drug-likeness (QED) is 0.255. The molecule has 0 aliphatic carbocycles. The second kappa shape index (κ2) is 12.6. The molecule has 226 valence electrons. The van der Waals surface area contributed by atoms with E-state index in [9.17, 15) is 28.1 Å². The molecular formula is C30H37N3O8S. The molecule has 2 aromatic carbocycles. The molecule has 3 atom stereocenters. The van der Waals surface area contributed by atoms with E-state index in [4.69, 9.17) is 9.47 Å². The van der Waals surface area contributed by atoms with E-state index >= 15 is 0 Å². The number of nitrogens with one attached hydrogen (secondary N) is 1. The van der Waals surface area contributed by atoms with Gasteiger partial charge in [-0.1, -0.05) is 36.4 Å². The zero-order valence-corrected chi connectivity index (χ0v) is 25.1. The van der Waals surface area contributed by atoms with Gasteiger partial charge in [-0.05, 0) is 52.7 Å². The highest BCUT2D eigenvalue weighted by molar-refractivity contribution is 7.92. The highest BCUT2D eigenvalue weighted by Gasteiger charge is 2.56. The second-order valence-corrected chi connectivity index (χ2v) is 12.8. The summed E-state index contributed by atoms with van der Waals surface area (Å²) in [6.45, 7) is 7.58. The third kappa shape index (κ3) is 5.78. The van der Waals surface area contributed by atoms with Crippen molar-refractivity contribution < 1.29 is 32.4 Å². The first kappa shape index (κ1) is 31.2. The molecule has 2 aliphatic heterocycles. The van der Waals surface area contributed by atoms with Crippen LogP contribution in [0.1, 0.15) is 52.0 Å². The molecule has 11 nitrogen and oxygen atoms in total. The van der Waals surface area contributed by atoms with Gasteiger partial charge in [0.05, 0.1) is 33.9 Å². The van der Waals surface area contributed by atoms with Crippen LogP contribution < -0.4 is 5.32 Å². The molecule has 42 heavy (non-hydrogen) atoms. The lowest BCUT2D eigenvalue weighted by atomic mass is 9.69. The van der Waals surface area contributed by atoms with Crippen molar-refractivity contribution in [3.8, 4) is 0 Å². The second-order valence-electron chi connectivity index (χ2n) is 10.6. The number of benzene rings is 2. The van der Waals surface area contributed by atoms with Gasteiger partial charge in [0, 0.05) is 36.3 Å². The van der Waals surface area contributed by atoms with E-state index in [0.29, 0.717) is 31.6 Å². The Hall–Kier alpha value is -3.77. The zero-order valence-electron chi connectivity index (χ0n) is 24.2. The van der Waals surface area contributed by atoms with Crippen molar-refractivity contribution >= 4 is 27.5 Å². The van der Waals surface area contributed by atoms with Crippen LogP contribution in [0.4, 0.5) is 5.69 Å². The molecule has 1 N–H and O–H groups in total. The number of carbonyl (C=O) groups is 2. The van der Waals surface area contributed by atoms with Gasteiger partial charge in [0.2, 0.25) is 0 Å². The van der Waals surface area contributed by atoms with Crippen molar-refractivity contribution in [2.75, 3.05) is 26.3 Å². The summed E-state index contributed by atoms with van der Waals surface area (Å²) in [6.07, 6.45) is 0.626. The number of rotatable bonds is 9. The number of nitro groups is 1. The lowest BCUT2D eigenvalue weighted by Crippen LogP contribution is -2.68. The van der Waals surface area contributed by atoms with Crippen molar-refractivity contribution in [3.05, 3.63) is 81.5 Å². The predicted molar refractivity (Wildman–Crippen MR) is 155 cm³/mol. The smallest absolute Gasteiger partial charge is 0.336 e. The number of para-hydroxylation sites is 1. The van der Waals surface area contributed by atoms with E-state index < -0.39 is 49.4 Å². The Bertz CT molecular complexity index is 1470. The summed E-state index contributed by atoms with van der Waals surface area (Å²) in [7, 11) is -3.56. The van der Waals surface area contributed by atoms with Crippen molar-refractivity contribution in [2.24, 2.45) is 5.92 Å². The van der Waals surface area contributed by atoms with E-state index in [1.807, 2.05) is 4.90 Å². The van der Waals surface area contributed by atoms with Gasteiger partial charge in [-0.3, -0.25) is 19.8 Å². The van der Waals surface area contributed by atoms with Crippen LogP contribution in [0.3, 0.4) is 0 Å². The normalized spacial score (nSPS) is 23.6. The molecule has 1 fully saturated rings. The van der Waals surface area contributed by atoms with E-state index in [0.717, 1.165) is 0 Å². The monoisotopic (exact) mass is 599 g/mol. The van der Waals surface area contributed by atoms with E-state index in [-0.39, 0.29) is 34.9 Å². The molecule has 0 amide bonds. The van der Waals surface area contributed by atoms with Crippen LogP contribution in [-0.4, -0.2) is 67.4 Å². The molecule has 1 saturated heterocycles. The number of likely N-dealkylation sites (tertiary alicyclic amines) is 1. The summed E-state index contributed by atoms with van der Waals surface area (Å²) >= 11 is 0. The SMILES string of the molecule is CCOC(=O)C1=C(C)NC(C)(N2CCC(S(=O)(=O)c3ccccc3)CC2)C(C(=O)OCC)C1c1ccccc1[N+](=O)[O-]. The molecule has 12 heteroatoms. The average molecular weight is 600 g/mol. The van der Waals surface area contributed by atoms with Crippen LogP contribution in [0.5, 0.6) is 0 Å². The van der Waals surface area contributed by atoms with Crippen LogP contribution >= 0.6 is 0 Å². The summed E-state index contributed by atoms with van der Waals surface area (Å²) in [5.41, 5.74) is -0.690. The minimum atomic E-state index is -3.56. The largest absolute Gasteiger partial charge is 0.466 e. The fourth-order valence-electron chi connectivity index (χ4n) is 6.30. The van der Waals surface area contributed by atoms with Gasteiger partial charge in [0.25, 0.3) is 5.69 Å². The maximum Gasteiger partial charge on any atom is 0.336 e. The van der Waals surface area contributed by atoms with Gasteiger partial charge in [-0.25, -0.2) is 13.2 Å². The van der Waals surface area contributed by atoms with Crippen LogP contribution in [0, 0.1) is 16.0 Å². The molecule has 3 unspecified atom stereocenters. The summed E-state index contributed by atoms with van der Waals surface area (Å²) < 4.78 is 37.6. The van der Waals surface area contributed by atoms with Crippen LogP contribution in [-0.2, 0) is 28.9 Å². The molecule has 0 radical (unpaired) electrons. The zero-order chi connectivity index (χ0) is 30.7. The number of allylic oxidation sites excluding steroid dienone is 1. The maximum absolute atomic E-state index is 13.8. The van der Waals surface area contributed by atoms with Gasteiger partial charge in [-0.15, -0.1) is 0 Å². The Morgan fingerprint density at radius 1 is 1.02 bits per heavy atom. The minimum Gasteiger partial charge on any atom is -0.466 e. The summed E-state index contributed by atoms with van der Waals surface area (Å²) in [6, 6.07) is 14.4. The molecule has 4 rings (SSSR count). The number of hydrogen-bond donors (Lipinski definition) is 1. The standard InChI is InChI=1S/C30H37N3O8S/c1-5-40-28(34)25-20(3)31-30(4,32-18-16-22(17-19-32)42(38,39)21-12-8-7-9-13-21)27(29(35)41-6-2)26(25)23-14-10-11-15-24(23)33(36)37/h7-15,22,26-27,31H,5-6,16-19H2,1-4H3. The number of hydrogen-bond acceptors (Lipinski definition) is 10. The van der Waals surface area contributed by atoms with E-state index in [1.54, 1.807) is 70.2 Å². The summed E-state index contributed by atoms with van der Waals surface area (Å²) in [4.78, 5) is 41.0. The molecular weight excluding hydrogens is 562 g/mol. The first-order valence-electron chi connectivity index (χ1n) is 14.1. The molecule has 0 saturated carbocycles. The van der Waals surface area contributed by atoms with E-state index in [1.165, 1.54) is 12.1 Å². The number of sulfone groups is 1. The van der Waals surface area contributed by atoms with Gasteiger partial charge in [0.15, 0.2) is 9.84 Å². The minimum absolute atomic E-state index is 0.0594. The van der Waals surface area contributed by atoms with Gasteiger partial charge in [0.1, 0.15) is 11.6 Å². The van der Waals surface area contributed by atoms with Gasteiger partial charge in [-0.2, -0.15) is 0 Å². The number of ether oxygens (including phenoxy) is 2. The molecule has 0 bridgehead atoms. The van der Waals surface area contributed by atoms with Crippen LogP contribution in [0.15, 0.2) is 70.8 Å². The Morgan fingerprint density at radius 2 is 1.62 bits per heavy atom.